The van der Waals surface area contributed by atoms with Gasteiger partial charge in [0.25, 0.3) is 0 Å². The Labute approximate surface area is 116 Å². The van der Waals surface area contributed by atoms with Gasteiger partial charge in [-0.2, -0.15) is 0 Å². The van der Waals surface area contributed by atoms with Gasteiger partial charge in [-0.15, -0.1) is 11.8 Å². The monoisotopic (exact) mass is 282 g/mol. The fourth-order valence-electron chi connectivity index (χ4n) is 1.38. The van der Waals surface area contributed by atoms with E-state index in [1.807, 2.05) is 30.3 Å². The number of ether oxygens (including phenoxy) is 1. The summed E-state index contributed by atoms with van der Waals surface area (Å²) in [6, 6.07) is 8.53. The molecule has 0 aromatic heterocycles. The number of thioether (sulfide) groups is 1. The zero-order valence-corrected chi connectivity index (χ0v) is 11.6. The smallest absolute Gasteiger partial charge is 0.315 e. The van der Waals surface area contributed by atoms with Crippen LogP contribution in [0.25, 0.3) is 0 Å². The number of carbonyl (C=O) groups is 2. The highest BCUT2D eigenvalue weighted by Gasteiger charge is 2.14. The number of carbonyl (C=O) groups excluding carboxylic acids is 2. The molecule has 104 valence electrons. The topological polar surface area (TPSA) is 81.4 Å². The van der Waals surface area contributed by atoms with Crippen LogP contribution in [0.3, 0.4) is 0 Å². The van der Waals surface area contributed by atoms with Crippen LogP contribution >= 0.6 is 11.8 Å². The minimum absolute atomic E-state index is 0.218. The molecule has 1 atom stereocenters. The molecular weight excluding hydrogens is 264 g/mol. The fourth-order valence-corrected chi connectivity index (χ4v) is 2.06. The lowest BCUT2D eigenvalue weighted by Crippen LogP contribution is -2.35. The van der Waals surface area contributed by atoms with Crippen LogP contribution in [0.4, 0.5) is 0 Å². The number of methoxy groups -OCH3 is 1. The van der Waals surface area contributed by atoms with Gasteiger partial charge in [0.05, 0.1) is 12.9 Å². The molecule has 0 aliphatic heterocycles. The average Bonchev–Trinajstić information content (AvgIpc) is 2.46. The normalized spacial score (nSPS) is 11.7. The van der Waals surface area contributed by atoms with Crippen molar-refractivity contribution in [3.05, 3.63) is 35.9 Å². The van der Waals surface area contributed by atoms with Gasteiger partial charge < -0.3 is 15.8 Å². The average molecular weight is 282 g/mol. The summed E-state index contributed by atoms with van der Waals surface area (Å²) in [4.78, 5) is 22.6. The van der Waals surface area contributed by atoms with Gasteiger partial charge in [0, 0.05) is 12.3 Å². The molecule has 0 fully saturated rings. The van der Waals surface area contributed by atoms with Crippen LogP contribution in [0.1, 0.15) is 11.6 Å². The highest BCUT2D eigenvalue weighted by molar-refractivity contribution is 7.99. The van der Waals surface area contributed by atoms with E-state index in [0.717, 1.165) is 5.56 Å². The summed E-state index contributed by atoms with van der Waals surface area (Å²) in [6.45, 7) is 0.473. The van der Waals surface area contributed by atoms with E-state index in [4.69, 9.17) is 5.73 Å². The van der Waals surface area contributed by atoms with Crippen molar-refractivity contribution in [3.8, 4) is 0 Å². The quantitative estimate of drug-likeness (QED) is 0.568. The minimum atomic E-state index is -0.660. The molecule has 1 amide bonds. The Morgan fingerprint density at radius 2 is 2.05 bits per heavy atom. The maximum atomic E-state index is 11.8. The van der Waals surface area contributed by atoms with Crippen molar-refractivity contribution in [1.82, 2.24) is 5.32 Å². The number of amides is 1. The number of benzene rings is 1. The number of esters is 1. The molecule has 19 heavy (non-hydrogen) atoms. The third kappa shape index (κ3) is 5.76. The summed E-state index contributed by atoms with van der Waals surface area (Å²) < 4.78 is 4.51. The number of nitrogens with two attached hydrogens (primary N) is 1. The van der Waals surface area contributed by atoms with Crippen molar-refractivity contribution in [1.29, 1.82) is 0 Å². The maximum absolute atomic E-state index is 11.8. The van der Waals surface area contributed by atoms with Gasteiger partial charge in [0.1, 0.15) is 6.04 Å². The van der Waals surface area contributed by atoms with E-state index >= 15 is 0 Å². The maximum Gasteiger partial charge on any atom is 0.315 e. The summed E-state index contributed by atoms with van der Waals surface area (Å²) in [5, 5.41) is 2.74. The van der Waals surface area contributed by atoms with E-state index in [9.17, 15) is 9.59 Å². The molecule has 1 unspecified atom stereocenters. The largest absolute Gasteiger partial charge is 0.468 e. The SMILES string of the molecule is COC(=O)CSCCNC(=O)C(N)c1ccccc1. The van der Waals surface area contributed by atoms with Crippen molar-refractivity contribution >= 4 is 23.6 Å². The van der Waals surface area contributed by atoms with E-state index in [1.54, 1.807) is 0 Å². The van der Waals surface area contributed by atoms with E-state index in [0.29, 0.717) is 12.3 Å². The van der Waals surface area contributed by atoms with Gasteiger partial charge in [0.15, 0.2) is 0 Å². The molecule has 0 saturated carbocycles. The lowest BCUT2D eigenvalue weighted by atomic mass is 10.1. The van der Waals surface area contributed by atoms with E-state index < -0.39 is 6.04 Å². The molecule has 0 heterocycles. The molecule has 5 nitrogen and oxygen atoms in total. The van der Waals surface area contributed by atoms with Crippen LogP contribution in [0.2, 0.25) is 0 Å². The third-order valence-corrected chi connectivity index (χ3v) is 3.37. The second-order valence-electron chi connectivity index (χ2n) is 3.81. The molecule has 0 saturated heterocycles. The molecule has 0 aliphatic carbocycles. The Hall–Kier alpha value is -1.53. The number of hydrogen-bond donors (Lipinski definition) is 2. The Kier molecular flexibility index (Phi) is 6.99. The van der Waals surface area contributed by atoms with Crippen molar-refractivity contribution in [3.63, 3.8) is 0 Å². The molecule has 0 bridgehead atoms. The summed E-state index contributed by atoms with van der Waals surface area (Å²) >= 11 is 1.41. The van der Waals surface area contributed by atoms with Crippen LogP contribution in [-0.4, -0.2) is 37.0 Å². The molecule has 1 aromatic carbocycles. The van der Waals surface area contributed by atoms with Crippen LogP contribution in [0.15, 0.2) is 30.3 Å². The highest BCUT2D eigenvalue weighted by atomic mass is 32.2. The Morgan fingerprint density at radius 1 is 1.37 bits per heavy atom. The van der Waals surface area contributed by atoms with Gasteiger partial charge in [-0.3, -0.25) is 9.59 Å². The molecule has 0 radical (unpaired) electrons. The van der Waals surface area contributed by atoms with Crippen molar-refractivity contribution in [2.75, 3.05) is 25.2 Å². The van der Waals surface area contributed by atoms with Crippen molar-refractivity contribution in [2.45, 2.75) is 6.04 Å². The molecule has 3 N–H and O–H groups in total. The molecular formula is C13H18N2O3S. The van der Waals surface area contributed by atoms with Crippen molar-refractivity contribution < 1.29 is 14.3 Å². The van der Waals surface area contributed by atoms with Crippen LogP contribution in [0, 0.1) is 0 Å². The first-order valence-electron chi connectivity index (χ1n) is 5.88. The minimum Gasteiger partial charge on any atom is -0.468 e. The Bertz CT molecular complexity index is 412. The summed E-state index contributed by atoms with van der Waals surface area (Å²) in [5.74, 6) is 0.446. The predicted molar refractivity (Wildman–Crippen MR) is 75.7 cm³/mol. The first-order chi connectivity index (χ1) is 9.15. The van der Waals surface area contributed by atoms with E-state index in [1.165, 1.54) is 18.9 Å². The second kappa shape index (κ2) is 8.55. The zero-order chi connectivity index (χ0) is 14.1. The fraction of sp³-hybridized carbons (Fsp3) is 0.385. The lowest BCUT2D eigenvalue weighted by Gasteiger charge is -2.12. The second-order valence-corrected chi connectivity index (χ2v) is 4.91. The number of nitrogens with one attached hydrogen (secondary N) is 1. The summed E-state index contributed by atoms with van der Waals surface area (Å²) in [7, 11) is 1.35. The first-order valence-corrected chi connectivity index (χ1v) is 7.03. The van der Waals surface area contributed by atoms with Gasteiger partial charge >= 0.3 is 5.97 Å². The molecule has 6 heteroatoms. The van der Waals surface area contributed by atoms with Gasteiger partial charge in [0.2, 0.25) is 5.91 Å². The summed E-state index contributed by atoms with van der Waals surface area (Å²) in [5.41, 5.74) is 6.61. The lowest BCUT2D eigenvalue weighted by molar-refractivity contribution is -0.137. The van der Waals surface area contributed by atoms with Gasteiger partial charge in [-0.05, 0) is 5.56 Å². The van der Waals surface area contributed by atoms with E-state index in [-0.39, 0.29) is 17.6 Å². The van der Waals surface area contributed by atoms with Crippen LogP contribution in [-0.2, 0) is 14.3 Å². The van der Waals surface area contributed by atoms with Crippen LogP contribution < -0.4 is 11.1 Å². The predicted octanol–water partition coefficient (Wildman–Crippen LogP) is 0.709. The molecule has 1 rings (SSSR count). The van der Waals surface area contributed by atoms with E-state index in [2.05, 4.69) is 10.1 Å². The molecule has 1 aromatic rings. The Balaban J connectivity index is 2.23. The zero-order valence-electron chi connectivity index (χ0n) is 10.8. The summed E-state index contributed by atoms with van der Waals surface area (Å²) in [6.07, 6.45) is 0. The van der Waals surface area contributed by atoms with Gasteiger partial charge in [-0.25, -0.2) is 0 Å². The molecule has 0 spiro atoms. The third-order valence-electron chi connectivity index (χ3n) is 2.43. The van der Waals surface area contributed by atoms with Gasteiger partial charge in [-0.1, -0.05) is 30.3 Å². The number of rotatable bonds is 7. The number of hydrogen-bond acceptors (Lipinski definition) is 5. The standard InChI is InChI=1S/C13H18N2O3S/c1-18-11(16)9-19-8-7-15-13(17)12(14)10-5-3-2-4-6-10/h2-6,12H,7-9,14H2,1H3,(H,15,17). The van der Waals surface area contributed by atoms with Crippen LogP contribution in [0.5, 0.6) is 0 Å². The Morgan fingerprint density at radius 3 is 2.68 bits per heavy atom. The highest BCUT2D eigenvalue weighted by Crippen LogP contribution is 2.09. The first kappa shape index (κ1) is 15.5. The van der Waals surface area contributed by atoms with Crippen molar-refractivity contribution in [2.24, 2.45) is 5.73 Å². The molecule has 0 aliphatic rings.